The molecule has 4 aliphatic rings. The highest BCUT2D eigenvalue weighted by atomic mass is 15.0. The lowest BCUT2D eigenvalue weighted by atomic mass is 9.48. The summed E-state index contributed by atoms with van der Waals surface area (Å²) in [4.78, 5) is 18.3. The largest absolute Gasteiger partial charge is 0.238 e. The third kappa shape index (κ3) is 3.71. The van der Waals surface area contributed by atoms with Crippen molar-refractivity contribution >= 4 is 5.69 Å². The fourth-order valence-electron chi connectivity index (χ4n) is 7.52. The van der Waals surface area contributed by atoms with Crippen molar-refractivity contribution in [3.63, 3.8) is 0 Å². The molecule has 4 saturated carbocycles. The van der Waals surface area contributed by atoms with Gasteiger partial charge in [-0.1, -0.05) is 66.7 Å². The third-order valence-corrected chi connectivity index (χ3v) is 8.67. The van der Waals surface area contributed by atoms with E-state index in [1.54, 1.807) is 0 Å². The van der Waals surface area contributed by atoms with E-state index in [0.29, 0.717) is 28.6 Å². The number of benzene rings is 3. The van der Waals surface area contributed by atoms with Gasteiger partial charge < -0.3 is 0 Å². The van der Waals surface area contributed by atoms with Crippen molar-refractivity contribution in [3.8, 4) is 34.2 Å². The highest BCUT2D eigenvalue weighted by molar-refractivity contribution is 5.69. The van der Waals surface area contributed by atoms with Crippen molar-refractivity contribution in [2.24, 2.45) is 17.8 Å². The fourth-order valence-corrected chi connectivity index (χ4v) is 7.52. The lowest BCUT2D eigenvalue weighted by Crippen LogP contribution is -2.48. The molecule has 0 spiro atoms. The molecule has 3 aromatic carbocycles. The van der Waals surface area contributed by atoms with Crippen molar-refractivity contribution in [2.45, 2.75) is 43.9 Å². The molecule has 0 radical (unpaired) electrons. The lowest BCUT2D eigenvalue weighted by molar-refractivity contribution is -0.00517. The van der Waals surface area contributed by atoms with Crippen molar-refractivity contribution in [1.82, 2.24) is 15.0 Å². The number of aromatic nitrogens is 3. The molecular formula is C32H28N4. The van der Waals surface area contributed by atoms with E-state index >= 15 is 0 Å². The number of rotatable bonds is 4. The molecule has 1 aromatic heterocycles. The highest BCUT2D eigenvalue weighted by Gasteiger charge is 2.51. The standard InChI is InChI=1S/C32H28N4/c1-33-28-12-6-10-26(17-28)31-35-29(24-7-3-2-4-8-24)34-30(36-31)25-9-5-11-27(16-25)32-18-21-13-22(19-32)15-23(14-21)20-32/h2-12,16-17,21-23H,13-15,18-20H2. The van der Waals surface area contributed by atoms with Crippen molar-refractivity contribution in [3.05, 3.63) is 95.8 Å². The second kappa shape index (κ2) is 8.38. The molecule has 8 rings (SSSR count). The van der Waals surface area contributed by atoms with E-state index in [4.69, 9.17) is 21.5 Å². The molecular weight excluding hydrogens is 440 g/mol. The smallest absolute Gasteiger partial charge is 0.187 e. The maximum atomic E-state index is 7.42. The molecule has 0 N–H and O–H groups in total. The van der Waals surface area contributed by atoms with Gasteiger partial charge in [0, 0.05) is 16.7 Å². The zero-order valence-corrected chi connectivity index (χ0v) is 20.3. The van der Waals surface area contributed by atoms with E-state index < -0.39 is 0 Å². The molecule has 0 atom stereocenters. The Bertz CT molecular complexity index is 1450. The summed E-state index contributed by atoms with van der Waals surface area (Å²) in [5.41, 5.74) is 5.22. The summed E-state index contributed by atoms with van der Waals surface area (Å²) >= 11 is 0. The average Bonchev–Trinajstić information content (AvgIpc) is 2.93. The third-order valence-electron chi connectivity index (χ3n) is 8.67. The van der Waals surface area contributed by atoms with Gasteiger partial charge in [0.25, 0.3) is 0 Å². The topological polar surface area (TPSA) is 43.0 Å². The van der Waals surface area contributed by atoms with Crippen LogP contribution in [-0.2, 0) is 5.41 Å². The summed E-state index contributed by atoms with van der Waals surface area (Å²) < 4.78 is 0. The number of hydrogen-bond acceptors (Lipinski definition) is 3. The van der Waals surface area contributed by atoms with Gasteiger partial charge in [-0.3, -0.25) is 0 Å². The quantitative estimate of drug-likeness (QED) is 0.286. The SMILES string of the molecule is [C-]#[N+]c1cccc(-c2nc(-c3ccccc3)nc(-c3cccc(C45CC6CC(CC(C6)C4)C5)c3)n2)c1. The summed E-state index contributed by atoms with van der Waals surface area (Å²) in [6.45, 7) is 7.42. The molecule has 0 aliphatic heterocycles. The minimum atomic E-state index is 0.326. The molecule has 4 aromatic rings. The van der Waals surface area contributed by atoms with Gasteiger partial charge >= 0.3 is 0 Å². The van der Waals surface area contributed by atoms with Crippen LogP contribution in [0.25, 0.3) is 39.0 Å². The second-order valence-electron chi connectivity index (χ2n) is 11.1. The van der Waals surface area contributed by atoms with Crippen LogP contribution in [0.4, 0.5) is 5.69 Å². The molecule has 4 fully saturated rings. The van der Waals surface area contributed by atoms with Crippen LogP contribution in [-0.4, -0.2) is 15.0 Å². The van der Waals surface area contributed by atoms with Crippen LogP contribution >= 0.6 is 0 Å². The predicted octanol–water partition coefficient (Wildman–Crippen LogP) is 7.89. The molecule has 36 heavy (non-hydrogen) atoms. The Kier molecular flexibility index (Phi) is 4.99. The molecule has 1 heterocycles. The normalized spacial score (nSPS) is 26.0. The van der Waals surface area contributed by atoms with Crippen molar-refractivity contribution < 1.29 is 0 Å². The number of hydrogen-bond donors (Lipinski definition) is 0. The molecule has 176 valence electrons. The van der Waals surface area contributed by atoms with E-state index in [1.165, 1.54) is 44.1 Å². The molecule has 0 unspecified atom stereocenters. The van der Waals surface area contributed by atoms with E-state index in [2.05, 4.69) is 29.1 Å². The second-order valence-corrected chi connectivity index (χ2v) is 11.1. The molecule has 0 saturated heterocycles. The van der Waals surface area contributed by atoms with E-state index in [0.717, 1.165) is 34.4 Å². The molecule has 4 heteroatoms. The average molecular weight is 469 g/mol. The Hall–Kier alpha value is -3.84. The molecule has 4 aliphatic carbocycles. The summed E-state index contributed by atoms with van der Waals surface area (Å²) in [5.74, 6) is 4.67. The van der Waals surface area contributed by atoms with Crippen LogP contribution in [0.3, 0.4) is 0 Å². The van der Waals surface area contributed by atoms with Gasteiger partial charge in [0.1, 0.15) is 0 Å². The van der Waals surface area contributed by atoms with Crippen LogP contribution in [0, 0.1) is 24.3 Å². The van der Waals surface area contributed by atoms with Gasteiger partial charge in [-0.05, 0) is 79.4 Å². The van der Waals surface area contributed by atoms with Crippen LogP contribution in [0.2, 0.25) is 0 Å². The van der Waals surface area contributed by atoms with Gasteiger partial charge in [-0.25, -0.2) is 19.8 Å². The maximum absolute atomic E-state index is 7.42. The monoisotopic (exact) mass is 468 g/mol. The first-order chi connectivity index (χ1) is 17.7. The van der Waals surface area contributed by atoms with Crippen LogP contribution in [0.1, 0.15) is 44.1 Å². The van der Waals surface area contributed by atoms with E-state index in [9.17, 15) is 0 Å². The van der Waals surface area contributed by atoms with Crippen molar-refractivity contribution in [1.29, 1.82) is 0 Å². The van der Waals surface area contributed by atoms with Crippen LogP contribution in [0.15, 0.2) is 78.9 Å². The van der Waals surface area contributed by atoms with Gasteiger partial charge in [0.15, 0.2) is 23.2 Å². The van der Waals surface area contributed by atoms with Crippen LogP contribution in [0.5, 0.6) is 0 Å². The molecule has 4 nitrogen and oxygen atoms in total. The molecule has 0 amide bonds. The van der Waals surface area contributed by atoms with Crippen LogP contribution < -0.4 is 0 Å². The van der Waals surface area contributed by atoms with Gasteiger partial charge in [0.2, 0.25) is 0 Å². The first-order valence-electron chi connectivity index (χ1n) is 13.1. The Morgan fingerprint density at radius 1 is 0.611 bits per heavy atom. The minimum absolute atomic E-state index is 0.326. The van der Waals surface area contributed by atoms with E-state index in [-0.39, 0.29) is 0 Å². The molecule has 4 bridgehead atoms. The predicted molar refractivity (Wildman–Crippen MR) is 142 cm³/mol. The van der Waals surface area contributed by atoms with Gasteiger partial charge in [0.05, 0.1) is 6.57 Å². The first-order valence-corrected chi connectivity index (χ1v) is 13.1. The van der Waals surface area contributed by atoms with Gasteiger partial charge in [-0.15, -0.1) is 0 Å². The fraction of sp³-hybridized carbons (Fsp3) is 0.312. The zero-order valence-electron chi connectivity index (χ0n) is 20.3. The Morgan fingerprint density at radius 2 is 1.14 bits per heavy atom. The summed E-state index contributed by atoms with van der Waals surface area (Å²) in [6, 6.07) is 26.6. The summed E-state index contributed by atoms with van der Waals surface area (Å²) in [5, 5.41) is 0. The van der Waals surface area contributed by atoms with Gasteiger partial charge in [-0.2, -0.15) is 0 Å². The highest BCUT2D eigenvalue weighted by Crippen LogP contribution is 2.60. The Balaban J connectivity index is 1.34. The maximum Gasteiger partial charge on any atom is 0.187 e. The Labute approximate surface area is 212 Å². The minimum Gasteiger partial charge on any atom is -0.238 e. The van der Waals surface area contributed by atoms with Crippen molar-refractivity contribution in [2.75, 3.05) is 0 Å². The van der Waals surface area contributed by atoms with E-state index in [1.807, 2.05) is 54.6 Å². The Morgan fingerprint density at radius 3 is 1.75 bits per heavy atom. The number of nitrogens with zero attached hydrogens (tertiary/aromatic N) is 4. The zero-order chi connectivity index (χ0) is 24.1. The summed E-state index contributed by atoms with van der Waals surface area (Å²) in [6.07, 6.45) is 8.34. The lowest BCUT2D eigenvalue weighted by Gasteiger charge is -2.57. The summed E-state index contributed by atoms with van der Waals surface area (Å²) in [7, 11) is 0. The first kappa shape index (κ1) is 21.4.